The Bertz CT molecular complexity index is 394. The quantitative estimate of drug-likeness (QED) is 0.705. The second kappa shape index (κ2) is 5.31. The van der Waals surface area contributed by atoms with Crippen LogP contribution in [0, 0.1) is 0 Å². The number of alkyl halides is 1. The zero-order valence-corrected chi connectivity index (χ0v) is 11.0. The number of halogens is 1. The molecule has 0 aromatic heterocycles. The fourth-order valence-corrected chi connectivity index (χ4v) is 2.09. The summed E-state index contributed by atoms with van der Waals surface area (Å²) in [5.74, 6) is 0. The lowest BCUT2D eigenvalue weighted by molar-refractivity contribution is 1.14. The lowest BCUT2D eigenvalue weighted by atomic mass is 10.0. The van der Waals surface area contributed by atoms with Gasteiger partial charge >= 0.3 is 0 Å². The molecule has 1 heteroatoms. The van der Waals surface area contributed by atoms with Gasteiger partial charge in [0.05, 0.1) is 0 Å². The lowest BCUT2D eigenvalue weighted by Gasteiger charge is -2.04. The molecule has 2 aromatic carbocycles. The van der Waals surface area contributed by atoms with Crippen LogP contribution in [0.5, 0.6) is 0 Å². The van der Waals surface area contributed by atoms with Crippen LogP contribution in [0.15, 0.2) is 48.5 Å². The molecule has 0 unspecified atom stereocenters. The Balaban J connectivity index is 2.28. The fraction of sp³-hybridized carbons (Fsp3) is 0.200. The van der Waals surface area contributed by atoms with Crippen molar-refractivity contribution in [2.75, 3.05) is 0 Å². The van der Waals surface area contributed by atoms with Crippen molar-refractivity contribution in [2.24, 2.45) is 0 Å². The normalized spacial score (nSPS) is 10.4. The summed E-state index contributed by atoms with van der Waals surface area (Å²) in [6.07, 6.45) is 1.10. The molecule has 0 amide bonds. The molecule has 0 nitrogen and oxygen atoms in total. The molecule has 0 heterocycles. The number of hydrogen-bond donors (Lipinski definition) is 0. The van der Waals surface area contributed by atoms with E-state index < -0.39 is 0 Å². The van der Waals surface area contributed by atoms with Gasteiger partial charge in [0.1, 0.15) is 0 Å². The molecule has 0 saturated heterocycles. The highest BCUT2D eigenvalue weighted by atomic mass is 79.9. The van der Waals surface area contributed by atoms with Crippen molar-refractivity contribution in [3.63, 3.8) is 0 Å². The molecular weight excluding hydrogens is 260 g/mol. The van der Waals surface area contributed by atoms with E-state index >= 15 is 0 Å². The van der Waals surface area contributed by atoms with Crippen molar-refractivity contribution in [1.29, 1.82) is 0 Å². The minimum absolute atomic E-state index is 0.919. The van der Waals surface area contributed by atoms with Gasteiger partial charge in [0, 0.05) is 5.33 Å². The fourth-order valence-electron chi connectivity index (χ4n) is 1.72. The minimum Gasteiger partial charge on any atom is -0.0876 e. The van der Waals surface area contributed by atoms with Crippen LogP contribution in [0.4, 0.5) is 0 Å². The van der Waals surface area contributed by atoms with Crippen molar-refractivity contribution in [1.82, 2.24) is 0 Å². The van der Waals surface area contributed by atoms with Gasteiger partial charge in [-0.05, 0) is 28.7 Å². The molecule has 0 spiro atoms. The largest absolute Gasteiger partial charge is 0.0876 e. The van der Waals surface area contributed by atoms with Crippen LogP contribution in [0.3, 0.4) is 0 Å². The molecule has 82 valence electrons. The highest BCUT2D eigenvalue weighted by molar-refractivity contribution is 9.08. The maximum absolute atomic E-state index is 3.46. The van der Waals surface area contributed by atoms with Gasteiger partial charge in [0.25, 0.3) is 0 Å². The first-order chi connectivity index (χ1) is 7.83. The first-order valence-electron chi connectivity index (χ1n) is 5.57. The van der Waals surface area contributed by atoms with Crippen LogP contribution >= 0.6 is 15.9 Å². The molecule has 0 bridgehead atoms. The molecule has 0 N–H and O–H groups in total. The summed E-state index contributed by atoms with van der Waals surface area (Å²) >= 11 is 3.46. The number of benzene rings is 2. The van der Waals surface area contributed by atoms with Crippen LogP contribution in [-0.2, 0) is 11.8 Å². The van der Waals surface area contributed by atoms with Gasteiger partial charge in [-0.25, -0.2) is 0 Å². The summed E-state index contributed by atoms with van der Waals surface area (Å²) in [4.78, 5) is 0. The van der Waals surface area contributed by atoms with E-state index in [1.165, 1.54) is 22.3 Å². The van der Waals surface area contributed by atoms with Crippen molar-refractivity contribution >= 4 is 15.9 Å². The summed E-state index contributed by atoms with van der Waals surface area (Å²) in [7, 11) is 0. The second-order valence-corrected chi connectivity index (χ2v) is 4.44. The number of rotatable bonds is 3. The van der Waals surface area contributed by atoms with Crippen molar-refractivity contribution < 1.29 is 0 Å². The Kier molecular flexibility index (Phi) is 3.79. The average molecular weight is 275 g/mol. The van der Waals surface area contributed by atoms with Crippen molar-refractivity contribution in [2.45, 2.75) is 18.7 Å². The monoisotopic (exact) mass is 274 g/mol. The zero-order chi connectivity index (χ0) is 11.4. The summed E-state index contributed by atoms with van der Waals surface area (Å²) in [5, 5.41) is 0.919. The predicted molar refractivity (Wildman–Crippen MR) is 73.9 cm³/mol. The lowest BCUT2D eigenvalue weighted by Crippen LogP contribution is -1.82. The Labute approximate surface area is 105 Å². The van der Waals surface area contributed by atoms with E-state index in [9.17, 15) is 0 Å². The zero-order valence-electron chi connectivity index (χ0n) is 9.41. The van der Waals surface area contributed by atoms with Gasteiger partial charge in [0.2, 0.25) is 0 Å². The average Bonchev–Trinajstić information content (AvgIpc) is 2.39. The third-order valence-corrected chi connectivity index (χ3v) is 3.45. The molecule has 0 aliphatic carbocycles. The molecule has 2 rings (SSSR count). The smallest absolute Gasteiger partial charge is 0.0283 e. The Morgan fingerprint density at radius 1 is 0.750 bits per heavy atom. The minimum atomic E-state index is 0.919. The van der Waals surface area contributed by atoms with Gasteiger partial charge < -0.3 is 0 Å². The van der Waals surface area contributed by atoms with E-state index in [2.05, 4.69) is 71.4 Å². The first kappa shape index (κ1) is 11.4. The summed E-state index contributed by atoms with van der Waals surface area (Å²) < 4.78 is 0. The van der Waals surface area contributed by atoms with Gasteiger partial charge in [-0.2, -0.15) is 0 Å². The molecule has 0 radical (unpaired) electrons. The number of aryl methyl sites for hydroxylation is 1. The van der Waals surface area contributed by atoms with E-state index in [-0.39, 0.29) is 0 Å². The maximum Gasteiger partial charge on any atom is 0.0283 e. The van der Waals surface area contributed by atoms with E-state index in [0.29, 0.717) is 0 Å². The first-order valence-corrected chi connectivity index (χ1v) is 6.70. The van der Waals surface area contributed by atoms with Gasteiger partial charge in [-0.15, -0.1) is 0 Å². The van der Waals surface area contributed by atoms with Gasteiger partial charge in [-0.1, -0.05) is 71.4 Å². The van der Waals surface area contributed by atoms with Crippen LogP contribution < -0.4 is 0 Å². The topological polar surface area (TPSA) is 0 Å². The van der Waals surface area contributed by atoms with E-state index in [1.54, 1.807) is 0 Å². The second-order valence-electron chi connectivity index (χ2n) is 3.88. The maximum atomic E-state index is 3.46. The Morgan fingerprint density at radius 2 is 1.19 bits per heavy atom. The Hall–Kier alpha value is -1.08. The van der Waals surface area contributed by atoms with Crippen molar-refractivity contribution in [3.8, 4) is 11.1 Å². The van der Waals surface area contributed by atoms with Crippen LogP contribution in [0.25, 0.3) is 11.1 Å². The molecule has 0 fully saturated rings. The third-order valence-electron chi connectivity index (χ3n) is 2.80. The van der Waals surface area contributed by atoms with Crippen LogP contribution in [-0.4, -0.2) is 0 Å². The van der Waals surface area contributed by atoms with Gasteiger partial charge in [-0.3, -0.25) is 0 Å². The predicted octanol–water partition coefficient (Wildman–Crippen LogP) is 4.81. The summed E-state index contributed by atoms with van der Waals surface area (Å²) in [6.45, 7) is 2.18. The third kappa shape index (κ3) is 2.53. The van der Waals surface area contributed by atoms with Crippen molar-refractivity contribution in [3.05, 3.63) is 59.7 Å². The van der Waals surface area contributed by atoms with Crippen LogP contribution in [0.2, 0.25) is 0 Å². The van der Waals surface area contributed by atoms with Crippen LogP contribution in [0.1, 0.15) is 18.1 Å². The highest BCUT2D eigenvalue weighted by Gasteiger charge is 1.97. The SMILES string of the molecule is CCc1ccc(-c2ccc(CBr)cc2)cc1. The molecule has 2 aromatic rings. The molecule has 0 saturated carbocycles. The van der Waals surface area contributed by atoms with E-state index in [0.717, 1.165) is 11.8 Å². The molecule has 0 aliphatic heterocycles. The molecule has 0 atom stereocenters. The Morgan fingerprint density at radius 3 is 1.56 bits per heavy atom. The number of hydrogen-bond acceptors (Lipinski definition) is 0. The molecule has 16 heavy (non-hydrogen) atoms. The molecular formula is C15H15Br. The molecule has 0 aliphatic rings. The van der Waals surface area contributed by atoms with E-state index in [4.69, 9.17) is 0 Å². The van der Waals surface area contributed by atoms with Gasteiger partial charge in [0.15, 0.2) is 0 Å². The van der Waals surface area contributed by atoms with E-state index in [1.807, 2.05) is 0 Å². The standard InChI is InChI=1S/C15H15Br/c1-2-12-3-7-14(8-4-12)15-9-5-13(11-16)6-10-15/h3-10H,2,11H2,1H3. The highest BCUT2D eigenvalue weighted by Crippen LogP contribution is 2.21. The summed E-state index contributed by atoms with van der Waals surface area (Å²) in [6, 6.07) is 17.5. The summed E-state index contributed by atoms with van der Waals surface area (Å²) in [5.41, 5.74) is 5.28.